The fourth-order valence-corrected chi connectivity index (χ4v) is 4.67. The maximum atomic E-state index is 13.4. The van der Waals surface area contributed by atoms with Crippen LogP contribution in [0, 0.1) is 0 Å². The van der Waals surface area contributed by atoms with Gasteiger partial charge in [-0.05, 0) is 42.8 Å². The van der Waals surface area contributed by atoms with Crippen LogP contribution < -0.4 is 15.6 Å². The lowest BCUT2D eigenvalue weighted by molar-refractivity contribution is -0.119. The summed E-state index contributed by atoms with van der Waals surface area (Å²) in [5, 5.41) is 4.45. The van der Waals surface area contributed by atoms with Crippen LogP contribution in [0.2, 0.25) is 5.02 Å². The van der Waals surface area contributed by atoms with Gasteiger partial charge in [-0.3, -0.25) is 14.2 Å². The Morgan fingerprint density at radius 1 is 1.09 bits per heavy atom. The van der Waals surface area contributed by atoms with Gasteiger partial charge in [0.25, 0.3) is 5.56 Å². The molecule has 0 spiro atoms. The molecule has 1 heterocycles. The van der Waals surface area contributed by atoms with Gasteiger partial charge in [0.15, 0.2) is 5.16 Å². The second kappa shape index (κ2) is 10.1. The SMILES string of the molecule is COc1ccccc1-n1c(SCC(=O)NC(C)c2ccccc2Cl)nc2ccccc2c1=O. The summed E-state index contributed by atoms with van der Waals surface area (Å²) in [6.45, 7) is 1.88. The Morgan fingerprint density at radius 2 is 1.79 bits per heavy atom. The van der Waals surface area contributed by atoms with Crippen LogP contribution in [-0.2, 0) is 4.79 Å². The van der Waals surface area contributed by atoms with Gasteiger partial charge in [0.1, 0.15) is 5.75 Å². The number of fused-ring (bicyclic) bond motifs is 1. The number of amides is 1. The lowest BCUT2D eigenvalue weighted by Gasteiger charge is -2.17. The van der Waals surface area contributed by atoms with Gasteiger partial charge in [0, 0.05) is 5.02 Å². The van der Waals surface area contributed by atoms with E-state index in [9.17, 15) is 9.59 Å². The van der Waals surface area contributed by atoms with Gasteiger partial charge in [0.05, 0.1) is 35.5 Å². The van der Waals surface area contributed by atoms with E-state index >= 15 is 0 Å². The molecular formula is C25H22ClN3O3S. The zero-order valence-electron chi connectivity index (χ0n) is 18.1. The van der Waals surface area contributed by atoms with Crippen molar-refractivity contribution in [3.05, 3.63) is 93.7 Å². The number of hydrogen-bond acceptors (Lipinski definition) is 5. The zero-order valence-corrected chi connectivity index (χ0v) is 19.7. The predicted molar refractivity (Wildman–Crippen MR) is 133 cm³/mol. The molecule has 33 heavy (non-hydrogen) atoms. The van der Waals surface area contributed by atoms with Gasteiger partial charge in [-0.15, -0.1) is 0 Å². The van der Waals surface area contributed by atoms with Crippen LogP contribution in [0.1, 0.15) is 18.5 Å². The van der Waals surface area contributed by atoms with E-state index in [2.05, 4.69) is 10.3 Å². The minimum absolute atomic E-state index is 0.0781. The van der Waals surface area contributed by atoms with Crippen LogP contribution in [0.5, 0.6) is 5.75 Å². The molecule has 8 heteroatoms. The highest BCUT2D eigenvalue weighted by molar-refractivity contribution is 7.99. The largest absolute Gasteiger partial charge is 0.495 e. The molecule has 1 N–H and O–H groups in total. The van der Waals surface area contributed by atoms with E-state index in [4.69, 9.17) is 16.3 Å². The van der Waals surface area contributed by atoms with Crippen LogP contribution in [0.25, 0.3) is 16.6 Å². The van der Waals surface area contributed by atoms with Gasteiger partial charge in [-0.1, -0.05) is 65.8 Å². The minimum Gasteiger partial charge on any atom is -0.495 e. The highest BCUT2D eigenvalue weighted by atomic mass is 35.5. The van der Waals surface area contributed by atoms with Crippen molar-refractivity contribution in [1.29, 1.82) is 0 Å². The zero-order chi connectivity index (χ0) is 23.4. The Hall–Kier alpha value is -3.29. The molecule has 0 bridgehead atoms. The summed E-state index contributed by atoms with van der Waals surface area (Å²) in [7, 11) is 1.55. The molecule has 0 saturated carbocycles. The van der Waals surface area contributed by atoms with E-state index in [1.54, 1.807) is 43.5 Å². The topological polar surface area (TPSA) is 73.2 Å². The van der Waals surface area contributed by atoms with Gasteiger partial charge in [-0.25, -0.2) is 4.98 Å². The number of nitrogens with zero attached hydrogens (tertiary/aromatic N) is 2. The van der Waals surface area contributed by atoms with Gasteiger partial charge in [0.2, 0.25) is 5.91 Å². The maximum absolute atomic E-state index is 13.4. The van der Waals surface area contributed by atoms with Gasteiger partial charge >= 0.3 is 0 Å². The van der Waals surface area contributed by atoms with Crippen molar-refractivity contribution in [3.8, 4) is 11.4 Å². The van der Waals surface area contributed by atoms with Crippen LogP contribution in [-0.4, -0.2) is 28.3 Å². The molecule has 0 radical (unpaired) electrons. The molecule has 0 fully saturated rings. The van der Waals surface area contributed by atoms with Gasteiger partial charge < -0.3 is 10.1 Å². The number of benzene rings is 3. The van der Waals surface area contributed by atoms with Crippen LogP contribution >= 0.6 is 23.4 Å². The first-order chi connectivity index (χ1) is 16.0. The third-order valence-corrected chi connectivity index (χ3v) is 6.44. The quantitative estimate of drug-likeness (QED) is 0.298. The fraction of sp³-hybridized carbons (Fsp3) is 0.160. The summed E-state index contributed by atoms with van der Waals surface area (Å²) in [6, 6.07) is 21.5. The molecule has 3 aromatic carbocycles. The lowest BCUT2D eigenvalue weighted by atomic mass is 10.1. The molecule has 1 amide bonds. The molecule has 4 aromatic rings. The predicted octanol–water partition coefficient (Wildman–Crippen LogP) is 5.02. The summed E-state index contributed by atoms with van der Waals surface area (Å²) in [4.78, 5) is 30.8. The molecule has 168 valence electrons. The normalized spacial score (nSPS) is 11.8. The van der Waals surface area contributed by atoms with Crippen molar-refractivity contribution < 1.29 is 9.53 Å². The second-order valence-corrected chi connectivity index (χ2v) is 8.67. The number of nitrogens with one attached hydrogen (secondary N) is 1. The van der Waals surface area contributed by atoms with Gasteiger partial charge in [-0.2, -0.15) is 0 Å². The summed E-state index contributed by atoms with van der Waals surface area (Å²) in [5.74, 6) is 0.422. The summed E-state index contributed by atoms with van der Waals surface area (Å²) in [5.41, 5.74) is 1.75. The smallest absolute Gasteiger partial charge is 0.266 e. The standard InChI is InChI=1S/C25H22ClN3O3S/c1-16(17-9-3-5-11-19(17)26)27-23(30)15-33-25-28-20-12-6-4-10-18(20)24(31)29(25)21-13-7-8-14-22(21)32-2/h3-14,16H,15H2,1-2H3,(H,27,30). The van der Waals surface area contributed by atoms with Crippen molar-refractivity contribution in [3.63, 3.8) is 0 Å². The number of carbonyl (C=O) groups is 1. The molecule has 0 aliphatic carbocycles. The lowest BCUT2D eigenvalue weighted by Crippen LogP contribution is -2.29. The van der Waals surface area contributed by atoms with E-state index in [0.29, 0.717) is 32.5 Å². The van der Waals surface area contributed by atoms with Crippen molar-refractivity contribution >= 4 is 40.2 Å². The van der Waals surface area contributed by atoms with E-state index in [-0.39, 0.29) is 23.3 Å². The summed E-state index contributed by atoms with van der Waals surface area (Å²) >= 11 is 7.44. The maximum Gasteiger partial charge on any atom is 0.266 e. The highest BCUT2D eigenvalue weighted by Crippen LogP contribution is 2.27. The molecule has 0 aliphatic rings. The number of carbonyl (C=O) groups excluding carboxylic acids is 1. The molecule has 1 unspecified atom stereocenters. The first kappa shape index (κ1) is 22.9. The third-order valence-electron chi connectivity index (χ3n) is 5.15. The highest BCUT2D eigenvalue weighted by Gasteiger charge is 2.18. The Bertz CT molecular complexity index is 1370. The Morgan fingerprint density at radius 3 is 2.58 bits per heavy atom. The fourth-order valence-electron chi connectivity index (χ4n) is 3.55. The van der Waals surface area contributed by atoms with Crippen molar-refractivity contribution in [2.75, 3.05) is 12.9 Å². The molecule has 1 aromatic heterocycles. The number of methoxy groups -OCH3 is 1. The average molecular weight is 480 g/mol. The Labute approximate surface area is 200 Å². The number of para-hydroxylation sites is 3. The first-order valence-electron chi connectivity index (χ1n) is 10.3. The molecule has 4 rings (SSSR count). The molecule has 6 nitrogen and oxygen atoms in total. The summed E-state index contributed by atoms with van der Waals surface area (Å²) in [6.07, 6.45) is 0. The number of aromatic nitrogens is 2. The van der Waals surface area contributed by atoms with Crippen LogP contribution in [0.15, 0.2) is 82.7 Å². The first-order valence-corrected chi connectivity index (χ1v) is 11.7. The Kier molecular flexibility index (Phi) is 7.01. The summed E-state index contributed by atoms with van der Waals surface area (Å²) < 4.78 is 6.97. The minimum atomic E-state index is -0.257. The van der Waals surface area contributed by atoms with Crippen molar-refractivity contribution in [2.24, 2.45) is 0 Å². The molecule has 0 aliphatic heterocycles. The average Bonchev–Trinajstić information content (AvgIpc) is 2.83. The van der Waals surface area contributed by atoms with Crippen LogP contribution in [0.3, 0.4) is 0 Å². The number of thioether (sulfide) groups is 1. The molecular weight excluding hydrogens is 458 g/mol. The second-order valence-electron chi connectivity index (χ2n) is 7.32. The van der Waals surface area contributed by atoms with Crippen molar-refractivity contribution in [2.45, 2.75) is 18.1 Å². The van der Waals surface area contributed by atoms with E-state index < -0.39 is 0 Å². The molecule has 0 saturated heterocycles. The Balaban J connectivity index is 1.65. The van der Waals surface area contributed by atoms with E-state index in [1.807, 2.05) is 43.3 Å². The number of halogens is 1. The van der Waals surface area contributed by atoms with Crippen molar-refractivity contribution in [1.82, 2.24) is 14.9 Å². The van der Waals surface area contributed by atoms with E-state index in [1.165, 1.54) is 16.3 Å². The van der Waals surface area contributed by atoms with E-state index in [0.717, 1.165) is 5.56 Å². The number of ether oxygens (including phenoxy) is 1. The number of rotatable bonds is 7. The number of hydrogen-bond donors (Lipinski definition) is 1. The third kappa shape index (κ3) is 4.89. The molecule has 1 atom stereocenters. The van der Waals surface area contributed by atoms with Crippen LogP contribution in [0.4, 0.5) is 0 Å². The monoisotopic (exact) mass is 479 g/mol.